The highest BCUT2D eigenvalue weighted by Gasteiger charge is 2.38. The third-order valence-corrected chi connectivity index (χ3v) is 3.40. The van der Waals surface area contributed by atoms with Gasteiger partial charge in [0.2, 0.25) is 0 Å². The molecule has 2 atom stereocenters. The molecule has 2 aliphatic heterocycles. The molecule has 2 aliphatic rings. The van der Waals surface area contributed by atoms with Crippen LogP contribution in [0.5, 0.6) is 0 Å². The maximum Gasteiger partial charge on any atom is 0.122 e. The second kappa shape index (κ2) is 6.57. The summed E-state index contributed by atoms with van der Waals surface area (Å²) >= 11 is 0. The number of hydrazine groups is 1. The summed E-state index contributed by atoms with van der Waals surface area (Å²) < 4.78 is 13.4. The monoisotopic (exact) mass is 279 g/mol. The molecule has 112 valence electrons. The number of hydrogen-bond acceptors (Lipinski definition) is 3. The fourth-order valence-electron chi connectivity index (χ4n) is 2.17. The molecule has 0 aromatic carbocycles. The molecule has 2 rings (SSSR count). The van der Waals surface area contributed by atoms with Crippen LogP contribution in [-0.4, -0.2) is 11.6 Å². The van der Waals surface area contributed by atoms with Crippen LogP contribution in [0.2, 0.25) is 0 Å². The van der Waals surface area contributed by atoms with Gasteiger partial charge in [0.25, 0.3) is 0 Å². The third kappa shape index (κ3) is 2.85. The largest absolute Gasteiger partial charge is 0.378 e. The Hall–Kier alpha value is -1.81. The van der Waals surface area contributed by atoms with Crippen LogP contribution in [-0.2, 0) is 0 Å². The Bertz CT molecular complexity index is 494. The fraction of sp³-hybridized carbons (Fsp3) is 0.375. The topological polar surface area (TPSA) is 36.1 Å². The molecule has 20 heavy (non-hydrogen) atoms. The molecule has 0 saturated carbocycles. The smallest absolute Gasteiger partial charge is 0.122 e. The first-order valence-electron chi connectivity index (χ1n) is 6.88. The van der Waals surface area contributed by atoms with Crippen molar-refractivity contribution in [2.75, 3.05) is 0 Å². The van der Waals surface area contributed by atoms with E-state index in [1.807, 2.05) is 27.0 Å². The van der Waals surface area contributed by atoms with E-state index in [-0.39, 0.29) is 13.3 Å². The SMILES string of the molecule is C=CC(=C)C1=CNNC1(C)C1=CC=C(F)C(C)N1.CC.[HH]. The molecule has 0 aliphatic carbocycles. The summed E-state index contributed by atoms with van der Waals surface area (Å²) in [5.41, 5.74) is 8.41. The van der Waals surface area contributed by atoms with Crippen LogP contribution in [0.1, 0.15) is 29.1 Å². The van der Waals surface area contributed by atoms with E-state index in [9.17, 15) is 4.39 Å². The van der Waals surface area contributed by atoms with Gasteiger partial charge >= 0.3 is 0 Å². The maximum atomic E-state index is 13.4. The second-order valence-corrected chi connectivity index (χ2v) is 4.68. The van der Waals surface area contributed by atoms with E-state index in [0.717, 1.165) is 16.8 Å². The zero-order valence-corrected chi connectivity index (χ0v) is 12.7. The molecule has 0 spiro atoms. The molecule has 3 nitrogen and oxygen atoms in total. The van der Waals surface area contributed by atoms with Crippen LogP contribution in [0.4, 0.5) is 4.39 Å². The minimum atomic E-state index is -0.462. The van der Waals surface area contributed by atoms with Crippen molar-refractivity contribution in [1.29, 1.82) is 0 Å². The minimum absolute atomic E-state index is 0. The Balaban J connectivity index is 0.00000128. The van der Waals surface area contributed by atoms with Gasteiger partial charge in [-0.15, -0.1) is 0 Å². The lowest BCUT2D eigenvalue weighted by molar-refractivity contribution is 0.421. The highest BCUT2D eigenvalue weighted by molar-refractivity contribution is 5.52. The maximum absolute atomic E-state index is 13.4. The Morgan fingerprint density at radius 2 is 2.10 bits per heavy atom. The van der Waals surface area contributed by atoms with Gasteiger partial charge in [0, 0.05) is 18.9 Å². The lowest BCUT2D eigenvalue weighted by atomic mass is 9.84. The predicted octanol–water partition coefficient (Wildman–Crippen LogP) is 3.48. The average Bonchev–Trinajstić information content (AvgIpc) is 2.86. The van der Waals surface area contributed by atoms with E-state index in [4.69, 9.17) is 0 Å². The van der Waals surface area contributed by atoms with Gasteiger partial charge in [0.05, 0.1) is 6.04 Å². The minimum Gasteiger partial charge on any atom is -0.378 e. The van der Waals surface area contributed by atoms with Crippen molar-refractivity contribution >= 4 is 0 Å². The van der Waals surface area contributed by atoms with Gasteiger partial charge in [-0.25, -0.2) is 9.82 Å². The van der Waals surface area contributed by atoms with Crippen molar-refractivity contribution in [1.82, 2.24) is 16.2 Å². The van der Waals surface area contributed by atoms with Crippen molar-refractivity contribution in [3.8, 4) is 0 Å². The van der Waals surface area contributed by atoms with Crippen LogP contribution >= 0.6 is 0 Å². The van der Waals surface area contributed by atoms with Gasteiger partial charge in [0.1, 0.15) is 11.4 Å². The second-order valence-electron chi connectivity index (χ2n) is 4.68. The Kier molecular flexibility index (Phi) is 5.34. The van der Waals surface area contributed by atoms with Gasteiger partial charge in [-0.1, -0.05) is 33.1 Å². The highest BCUT2D eigenvalue weighted by Crippen LogP contribution is 2.33. The van der Waals surface area contributed by atoms with E-state index >= 15 is 0 Å². The summed E-state index contributed by atoms with van der Waals surface area (Å²) in [6.45, 7) is 15.5. The normalized spacial score (nSPS) is 27.9. The van der Waals surface area contributed by atoms with Crippen molar-refractivity contribution in [2.24, 2.45) is 0 Å². The third-order valence-electron chi connectivity index (χ3n) is 3.40. The van der Waals surface area contributed by atoms with Gasteiger partial charge < -0.3 is 10.7 Å². The van der Waals surface area contributed by atoms with Crippen LogP contribution in [0.3, 0.4) is 0 Å². The lowest BCUT2D eigenvalue weighted by Gasteiger charge is -2.34. The van der Waals surface area contributed by atoms with E-state index in [2.05, 4.69) is 29.3 Å². The number of rotatable bonds is 3. The summed E-state index contributed by atoms with van der Waals surface area (Å²) in [4.78, 5) is 0. The summed E-state index contributed by atoms with van der Waals surface area (Å²) in [6.07, 6.45) is 6.81. The molecule has 0 amide bonds. The standard InChI is InChI=1S/C14H18FN3.C2H6.H2/c1-5-9(2)11-8-16-18-14(11,4)13-7-6-12(15)10(3)17-13;1-2;/h5-8,10,16-18H,1-2H2,3-4H3;1-2H3;1H. The van der Waals surface area contributed by atoms with Gasteiger partial charge in [-0.3, -0.25) is 0 Å². The lowest BCUT2D eigenvalue weighted by Crippen LogP contribution is -2.51. The zero-order valence-electron chi connectivity index (χ0n) is 12.7. The fourth-order valence-corrected chi connectivity index (χ4v) is 2.17. The number of nitrogens with one attached hydrogen (secondary N) is 3. The Morgan fingerprint density at radius 3 is 2.65 bits per heavy atom. The summed E-state index contributed by atoms with van der Waals surface area (Å²) in [6, 6.07) is -0.317. The van der Waals surface area contributed by atoms with Crippen molar-refractivity contribution in [3.63, 3.8) is 0 Å². The van der Waals surface area contributed by atoms with Crippen LogP contribution in [0, 0.1) is 0 Å². The first-order valence-corrected chi connectivity index (χ1v) is 6.88. The molecule has 0 radical (unpaired) electrons. The van der Waals surface area contributed by atoms with Crippen molar-refractivity contribution in [2.45, 2.75) is 39.3 Å². The molecule has 4 heteroatoms. The summed E-state index contributed by atoms with van der Waals surface area (Å²) in [5.74, 6) is -0.165. The van der Waals surface area contributed by atoms with E-state index < -0.39 is 5.54 Å². The van der Waals surface area contributed by atoms with Crippen molar-refractivity contribution < 1.29 is 5.82 Å². The molecule has 2 unspecified atom stereocenters. The number of dihydropyridines is 1. The molecule has 0 fully saturated rings. The molecular weight excluding hydrogens is 253 g/mol. The molecule has 0 aromatic heterocycles. The van der Waals surface area contributed by atoms with Crippen LogP contribution < -0.4 is 16.2 Å². The number of hydrogen-bond donors (Lipinski definition) is 3. The first-order chi connectivity index (χ1) is 9.49. The first kappa shape index (κ1) is 16.2. The van der Waals surface area contributed by atoms with Gasteiger partial charge in [-0.05, 0) is 31.6 Å². The highest BCUT2D eigenvalue weighted by atomic mass is 19.1. The van der Waals surface area contributed by atoms with Gasteiger partial charge in [0.15, 0.2) is 0 Å². The van der Waals surface area contributed by atoms with E-state index in [1.165, 1.54) is 6.08 Å². The summed E-state index contributed by atoms with van der Waals surface area (Å²) in [7, 11) is 0. The van der Waals surface area contributed by atoms with Crippen LogP contribution in [0.25, 0.3) is 0 Å². The molecular formula is C16H26FN3. The molecule has 0 saturated heterocycles. The molecule has 2 heterocycles. The number of allylic oxidation sites excluding steroid dienone is 3. The average molecular weight is 279 g/mol. The van der Waals surface area contributed by atoms with E-state index in [1.54, 1.807) is 19.1 Å². The van der Waals surface area contributed by atoms with Gasteiger partial charge in [-0.2, -0.15) is 0 Å². The Labute approximate surface area is 122 Å². The summed E-state index contributed by atoms with van der Waals surface area (Å²) in [5, 5.41) is 3.16. The Morgan fingerprint density at radius 1 is 1.45 bits per heavy atom. The van der Waals surface area contributed by atoms with Crippen molar-refractivity contribution in [3.05, 3.63) is 60.3 Å². The zero-order chi connectivity index (χ0) is 15.3. The number of halogens is 1. The molecule has 3 N–H and O–H groups in total. The molecule has 0 aromatic rings. The quantitative estimate of drug-likeness (QED) is 0.692. The van der Waals surface area contributed by atoms with E-state index in [0.29, 0.717) is 0 Å². The predicted molar refractivity (Wildman–Crippen MR) is 85.4 cm³/mol. The van der Waals surface area contributed by atoms with Crippen LogP contribution in [0.15, 0.2) is 60.3 Å². The molecule has 0 bridgehead atoms.